The van der Waals surface area contributed by atoms with Crippen molar-refractivity contribution in [2.75, 3.05) is 0 Å². The third-order valence-corrected chi connectivity index (χ3v) is 11.5. The maximum absolute atomic E-state index is 9.77. The lowest BCUT2D eigenvalue weighted by Crippen LogP contribution is -2.34. The number of rotatable bonds is 4. The van der Waals surface area contributed by atoms with E-state index in [4.69, 9.17) is 19.4 Å². The Kier molecular flexibility index (Phi) is 6.86. The topological polar surface area (TPSA) is 75.6 Å². The van der Waals surface area contributed by atoms with Crippen molar-refractivity contribution in [2.24, 2.45) is 5.92 Å². The fourth-order valence-corrected chi connectivity index (χ4v) is 9.06. The molecule has 3 aliphatic carbocycles. The lowest BCUT2D eigenvalue weighted by Gasteiger charge is -2.40. The standard InChI is InChI=1S/C46H34N4O/c47-28-29-17-20-34-35-21-18-33(27-40(35)46(39(34)25-29)23-8-3-9-24-46)32-19-22-41-38(26-32)36-15-10-16-37(42(36)51-41)45-49-43(30-11-4-1-5-12-30)48-44(50-45)31-13-6-2-7-14-31/h1-2,4-7,10-22,25-27,34,39H,3,8-9,23-24H2. The number of para-hydroxylation sites is 1. The van der Waals surface area contributed by atoms with Gasteiger partial charge in [0.25, 0.3) is 0 Å². The first-order valence-electron chi connectivity index (χ1n) is 18.0. The Hall–Kier alpha value is -6.12. The molecule has 3 aliphatic rings. The zero-order chi connectivity index (χ0) is 33.9. The quantitative estimate of drug-likeness (QED) is 0.188. The second-order valence-electron chi connectivity index (χ2n) is 14.2. The molecule has 51 heavy (non-hydrogen) atoms. The number of allylic oxidation sites excluding steroid dienone is 4. The minimum Gasteiger partial charge on any atom is -0.455 e. The molecule has 2 atom stereocenters. The summed E-state index contributed by atoms with van der Waals surface area (Å²) in [7, 11) is 0. The van der Waals surface area contributed by atoms with E-state index in [1.807, 2.05) is 72.8 Å². The second kappa shape index (κ2) is 11.7. The fourth-order valence-electron chi connectivity index (χ4n) is 9.06. The molecule has 2 unspecified atom stereocenters. The zero-order valence-electron chi connectivity index (χ0n) is 28.1. The normalized spacial score (nSPS) is 18.8. The highest BCUT2D eigenvalue weighted by molar-refractivity contribution is 6.10. The van der Waals surface area contributed by atoms with Crippen molar-refractivity contribution in [3.05, 3.63) is 150 Å². The lowest BCUT2D eigenvalue weighted by atomic mass is 9.63. The first kappa shape index (κ1) is 29.8. The summed E-state index contributed by atoms with van der Waals surface area (Å²) in [5.41, 5.74) is 10.5. The van der Waals surface area contributed by atoms with Crippen molar-refractivity contribution in [3.8, 4) is 51.4 Å². The molecule has 5 aromatic carbocycles. The molecule has 0 aliphatic heterocycles. The number of hydrogen-bond donors (Lipinski definition) is 0. The monoisotopic (exact) mass is 658 g/mol. The van der Waals surface area contributed by atoms with Crippen LogP contribution in [0.25, 0.3) is 67.2 Å². The Bertz CT molecular complexity index is 2530. The molecule has 0 radical (unpaired) electrons. The van der Waals surface area contributed by atoms with Gasteiger partial charge in [-0.2, -0.15) is 5.26 Å². The summed E-state index contributed by atoms with van der Waals surface area (Å²) in [6.45, 7) is 0. The van der Waals surface area contributed by atoms with Gasteiger partial charge in [-0.15, -0.1) is 0 Å². The maximum atomic E-state index is 9.77. The Morgan fingerprint density at radius 1 is 0.647 bits per heavy atom. The Morgan fingerprint density at radius 2 is 1.33 bits per heavy atom. The lowest BCUT2D eigenvalue weighted by molar-refractivity contribution is 0.233. The molecule has 2 aromatic heterocycles. The highest BCUT2D eigenvalue weighted by atomic mass is 16.3. The van der Waals surface area contributed by atoms with Gasteiger partial charge in [0.1, 0.15) is 11.2 Å². The summed E-state index contributed by atoms with van der Waals surface area (Å²) >= 11 is 0. The van der Waals surface area contributed by atoms with Gasteiger partial charge in [-0.1, -0.05) is 128 Å². The van der Waals surface area contributed by atoms with Crippen molar-refractivity contribution in [1.29, 1.82) is 5.26 Å². The van der Waals surface area contributed by atoms with Crippen LogP contribution in [0.3, 0.4) is 0 Å². The third-order valence-electron chi connectivity index (χ3n) is 11.5. The first-order chi connectivity index (χ1) is 25.2. The summed E-state index contributed by atoms with van der Waals surface area (Å²) < 4.78 is 6.63. The predicted molar refractivity (Wildman–Crippen MR) is 203 cm³/mol. The molecule has 0 bridgehead atoms. The average molecular weight is 659 g/mol. The van der Waals surface area contributed by atoms with Crippen LogP contribution in [0.15, 0.2) is 143 Å². The van der Waals surface area contributed by atoms with Crippen LogP contribution in [-0.2, 0) is 5.41 Å². The van der Waals surface area contributed by atoms with Gasteiger partial charge in [0.15, 0.2) is 17.5 Å². The van der Waals surface area contributed by atoms with Gasteiger partial charge >= 0.3 is 0 Å². The smallest absolute Gasteiger partial charge is 0.167 e. The molecule has 2 heterocycles. The SMILES string of the molecule is N#CC1=CC2C(C=C1)c1ccc(-c3ccc4oc5c(-c6nc(-c7ccccc7)nc(-c7ccccc7)n6)cccc5c4c3)cc1C21CCCCC1. The van der Waals surface area contributed by atoms with E-state index in [1.165, 1.54) is 54.4 Å². The molecule has 244 valence electrons. The van der Waals surface area contributed by atoms with Gasteiger partial charge < -0.3 is 4.42 Å². The van der Waals surface area contributed by atoms with Crippen molar-refractivity contribution in [1.82, 2.24) is 15.0 Å². The summed E-state index contributed by atoms with van der Waals surface area (Å²) in [4.78, 5) is 14.9. The van der Waals surface area contributed by atoms with Gasteiger partial charge in [0.2, 0.25) is 0 Å². The van der Waals surface area contributed by atoms with Crippen molar-refractivity contribution in [2.45, 2.75) is 43.4 Å². The number of aromatic nitrogens is 3. The minimum absolute atomic E-state index is 0.0875. The van der Waals surface area contributed by atoms with Gasteiger partial charge in [-0.3, -0.25) is 0 Å². The van der Waals surface area contributed by atoms with E-state index < -0.39 is 0 Å². The van der Waals surface area contributed by atoms with Crippen LogP contribution in [0, 0.1) is 17.2 Å². The number of nitriles is 1. The molecule has 0 saturated heterocycles. The predicted octanol–water partition coefficient (Wildman–Crippen LogP) is 11.4. The zero-order valence-corrected chi connectivity index (χ0v) is 28.1. The Morgan fingerprint density at radius 3 is 2.06 bits per heavy atom. The fraction of sp³-hybridized carbons (Fsp3) is 0.174. The summed E-state index contributed by atoms with van der Waals surface area (Å²) in [5.74, 6) is 2.51. The van der Waals surface area contributed by atoms with Crippen LogP contribution in [0.2, 0.25) is 0 Å². The van der Waals surface area contributed by atoms with E-state index in [-0.39, 0.29) is 5.41 Å². The van der Waals surface area contributed by atoms with Crippen LogP contribution in [-0.4, -0.2) is 15.0 Å². The van der Waals surface area contributed by atoms with E-state index in [9.17, 15) is 5.26 Å². The minimum atomic E-state index is 0.0875. The molecule has 1 spiro atoms. The van der Waals surface area contributed by atoms with E-state index in [0.717, 1.165) is 44.2 Å². The number of furan rings is 1. The van der Waals surface area contributed by atoms with Crippen LogP contribution >= 0.6 is 0 Å². The molecular formula is C46H34N4O. The van der Waals surface area contributed by atoms with Crippen molar-refractivity contribution < 1.29 is 4.42 Å². The summed E-state index contributed by atoms with van der Waals surface area (Å²) in [6, 6.07) is 42.4. The van der Waals surface area contributed by atoms with Gasteiger partial charge in [0.05, 0.1) is 11.6 Å². The Balaban J connectivity index is 1.09. The van der Waals surface area contributed by atoms with Crippen LogP contribution in [0.5, 0.6) is 0 Å². The van der Waals surface area contributed by atoms with Crippen LogP contribution in [0.1, 0.15) is 49.1 Å². The van der Waals surface area contributed by atoms with E-state index >= 15 is 0 Å². The second-order valence-corrected chi connectivity index (χ2v) is 14.2. The average Bonchev–Trinajstić information content (AvgIpc) is 3.70. The molecule has 5 nitrogen and oxygen atoms in total. The Labute approximate surface area is 296 Å². The van der Waals surface area contributed by atoms with Crippen LogP contribution < -0.4 is 0 Å². The number of nitrogens with zero attached hydrogens (tertiary/aromatic N) is 4. The van der Waals surface area contributed by atoms with Gasteiger partial charge in [-0.25, -0.2) is 15.0 Å². The number of benzene rings is 5. The highest BCUT2D eigenvalue weighted by Gasteiger charge is 2.51. The maximum Gasteiger partial charge on any atom is 0.167 e. The third kappa shape index (κ3) is 4.78. The molecule has 10 rings (SSSR count). The first-order valence-corrected chi connectivity index (χ1v) is 18.0. The van der Waals surface area contributed by atoms with Crippen molar-refractivity contribution in [3.63, 3.8) is 0 Å². The van der Waals surface area contributed by atoms with E-state index in [1.54, 1.807) is 0 Å². The molecule has 0 N–H and O–H groups in total. The molecule has 1 saturated carbocycles. The van der Waals surface area contributed by atoms with Crippen molar-refractivity contribution >= 4 is 21.9 Å². The summed E-state index contributed by atoms with van der Waals surface area (Å²) in [5, 5.41) is 11.9. The largest absolute Gasteiger partial charge is 0.455 e. The summed E-state index contributed by atoms with van der Waals surface area (Å²) in [6.07, 6.45) is 12.7. The van der Waals surface area contributed by atoms with E-state index in [2.05, 4.69) is 66.8 Å². The highest BCUT2D eigenvalue weighted by Crippen LogP contribution is 2.60. The molecule has 5 heteroatoms. The molecule has 7 aromatic rings. The van der Waals surface area contributed by atoms with Gasteiger partial charge in [-0.05, 0) is 65.3 Å². The van der Waals surface area contributed by atoms with E-state index in [0.29, 0.717) is 29.3 Å². The molecule has 1 fully saturated rings. The number of hydrogen-bond acceptors (Lipinski definition) is 5. The van der Waals surface area contributed by atoms with Crippen LogP contribution in [0.4, 0.5) is 0 Å². The van der Waals surface area contributed by atoms with Gasteiger partial charge in [0, 0.05) is 38.8 Å². The molecule has 0 amide bonds. The molecular weight excluding hydrogens is 625 g/mol. The number of fused-ring (bicyclic) bond motifs is 8.